The van der Waals surface area contributed by atoms with Crippen molar-refractivity contribution in [3.8, 4) is 16.9 Å². The molecule has 1 amide bonds. The molecule has 0 aliphatic carbocycles. The van der Waals surface area contributed by atoms with Crippen molar-refractivity contribution in [3.05, 3.63) is 45.9 Å². The molecule has 4 rings (SSSR count). The number of hydrogen-bond acceptors (Lipinski definition) is 9. The van der Waals surface area contributed by atoms with Crippen molar-refractivity contribution < 1.29 is 19.0 Å². The fourth-order valence-electron chi connectivity index (χ4n) is 3.10. The van der Waals surface area contributed by atoms with Crippen LogP contribution in [0.4, 0.5) is 5.13 Å². The first kappa shape index (κ1) is 26.0. The lowest BCUT2D eigenvalue weighted by atomic mass is 10.0. The Morgan fingerprint density at radius 1 is 1.21 bits per heavy atom. The van der Waals surface area contributed by atoms with Crippen LogP contribution in [-0.4, -0.2) is 58.6 Å². The molecule has 182 valence electrons. The van der Waals surface area contributed by atoms with Crippen LogP contribution >= 0.6 is 22.9 Å². The highest BCUT2D eigenvalue weighted by molar-refractivity contribution is 7.15. The second-order valence-corrected chi connectivity index (χ2v) is 9.50. The number of anilines is 1. The van der Waals surface area contributed by atoms with Gasteiger partial charge < -0.3 is 14.2 Å². The number of halogens is 1. The van der Waals surface area contributed by atoms with Crippen molar-refractivity contribution in [1.82, 2.24) is 20.2 Å². The van der Waals surface area contributed by atoms with Crippen molar-refractivity contribution in [1.29, 1.82) is 0 Å². The number of ether oxygens (including phenoxy) is 3. The largest absolute Gasteiger partial charge is 0.494 e. The lowest BCUT2D eigenvalue weighted by Gasteiger charge is -2.29. The summed E-state index contributed by atoms with van der Waals surface area (Å²) in [4.78, 5) is 21.1. The molecule has 1 saturated heterocycles. The van der Waals surface area contributed by atoms with Crippen LogP contribution in [0.25, 0.3) is 11.1 Å². The van der Waals surface area contributed by atoms with Crippen molar-refractivity contribution in [2.45, 2.75) is 39.7 Å². The Kier molecular flexibility index (Phi) is 8.90. The highest BCUT2D eigenvalue weighted by Crippen LogP contribution is 2.34. The molecule has 0 radical (unpaired) electrons. The summed E-state index contributed by atoms with van der Waals surface area (Å²) in [7, 11) is 1.54. The van der Waals surface area contributed by atoms with Gasteiger partial charge in [0.2, 0.25) is 5.13 Å². The summed E-state index contributed by atoms with van der Waals surface area (Å²) in [5.74, 6) is 0.180. The van der Waals surface area contributed by atoms with Crippen LogP contribution in [0.2, 0.25) is 5.15 Å². The van der Waals surface area contributed by atoms with E-state index in [1.807, 2.05) is 27.7 Å². The fraction of sp³-hybridized carbons (Fsp3) is 0.435. The molecule has 1 fully saturated rings. The summed E-state index contributed by atoms with van der Waals surface area (Å²) in [5.41, 5.74) is 2.41. The van der Waals surface area contributed by atoms with E-state index in [1.54, 1.807) is 12.1 Å². The SMILES string of the molecule is CC1(C)COCCO1.CCc1nnc(NC(=O)c2cnc(C)cc2-c2cc(Cl)ncc2OC)s1. The Balaban J connectivity index is 0.000000343. The van der Waals surface area contributed by atoms with E-state index in [1.165, 1.54) is 30.8 Å². The van der Waals surface area contributed by atoms with Crippen LogP contribution in [0.15, 0.2) is 24.5 Å². The Morgan fingerprint density at radius 3 is 2.59 bits per heavy atom. The molecule has 1 aliphatic heterocycles. The molecule has 0 unspecified atom stereocenters. The first-order chi connectivity index (χ1) is 16.2. The number of rotatable bonds is 5. The predicted molar refractivity (Wildman–Crippen MR) is 132 cm³/mol. The van der Waals surface area contributed by atoms with E-state index in [0.717, 1.165) is 36.9 Å². The summed E-state index contributed by atoms with van der Waals surface area (Å²) in [6.45, 7) is 10.1. The van der Waals surface area contributed by atoms with Crippen LogP contribution in [0.1, 0.15) is 41.8 Å². The minimum Gasteiger partial charge on any atom is -0.494 e. The van der Waals surface area contributed by atoms with Gasteiger partial charge in [0, 0.05) is 23.0 Å². The molecule has 0 aromatic carbocycles. The summed E-state index contributed by atoms with van der Waals surface area (Å²) in [5, 5.41) is 12.4. The summed E-state index contributed by atoms with van der Waals surface area (Å²) in [6, 6.07) is 3.47. The topological polar surface area (TPSA) is 108 Å². The zero-order chi connectivity index (χ0) is 24.7. The van der Waals surface area contributed by atoms with E-state index in [2.05, 4.69) is 25.5 Å². The monoisotopic (exact) mass is 505 g/mol. The third kappa shape index (κ3) is 6.92. The molecule has 0 atom stereocenters. The molecule has 0 bridgehead atoms. The third-order valence-corrected chi connectivity index (χ3v) is 5.98. The number of pyridine rings is 2. The van der Waals surface area contributed by atoms with Gasteiger partial charge in [0.25, 0.3) is 5.91 Å². The van der Waals surface area contributed by atoms with E-state index in [9.17, 15) is 4.79 Å². The normalized spacial score (nSPS) is 14.6. The maximum Gasteiger partial charge on any atom is 0.259 e. The van der Waals surface area contributed by atoms with Crippen molar-refractivity contribution in [2.24, 2.45) is 0 Å². The van der Waals surface area contributed by atoms with Crippen molar-refractivity contribution >= 4 is 34.0 Å². The minimum atomic E-state index is -0.332. The highest BCUT2D eigenvalue weighted by atomic mass is 35.5. The van der Waals surface area contributed by atoms with Crippen molar-refractivity contribution in [3.63, 3.8) is 0 Å². The quantitative estimate of drug-likeness (QED) is 0.501. The average Bonchev–Trinajstić information content (AvgIpc) is 3.26. The van der Waals surface area contributed by atoms with Gasteiger partial charge >= 0.3 is 0 Å². The third-order valence-electron chi connectivity index (χ3n) is 4.79. The Bertz CT molecular complexity index is 1130. The highest BCUT2D eigenvalue weighted by Gasteiger charge is 2.22. The van der Waals surface area contributed by atoms with Crippen LogP contribution in [0, 0.1) is 6.92 Å². The zero-order valence-electron chi connectivity index (χ0n) is 19.8. The second kappa shape index (κ2) is 11.7. The second-order valence-electron chi connectivity index (χ2n) is 8.05. The van der Waals surface area contributed by atoms with Gasteiger partial charge in [-0.2, -0.15) is 0 Å². The Morgan fingerprint density at radius 2 is 2.00 bits per heavy atom. The molecule has 0 spiro atoms. The van der Waals surface area contributed by atoms with Gasteiger partial charge in [0.1, 0.15) is 15.9 Å². The molecule has 3 aromatic heterocycles. The van der Waals surface area contributed by atoms with E-state index in [0.29, 0.717) is 32.7 Å². The van der Waals surface area contributed by atoms with Gasteiger partial charge in [-0.1, -0.05) is 29.9 Å². The number of hydrogen-bond donors (Lipinski definition) is 1. The number of aryl methyl sites for hydroxylation is 2. The number of carbonyl (C=O) groups excluding carboxylic acids is 1. The van der Waals surface area contributed by atoms with Gasteiger partial charge in [-0.15, -0.1) is 10.2 Å². The van der Waals surface area contributed by atoms with E-state index in [-0.39, 0.29) is 11.5 Å². The molecule has 34 heavy (non-hydrogen) atoms. The number of carbonyl (C=O) groups is 1. The number of aromatic nitrogens is 4. The molecule has 1 N–H and O–H groups in total. The molecule has 4 heterocycles. The maximum atomic E-state index is 12.8. The van der Waals surface area contributed by atoms with Gasteiger partial charge in [0.05, 0.1) is 44.3 Å². The first-order valence-electron chi connectivity index (χ1n) is 10.7. The molecule has 3 aromatic rings. The van der Waals surface area contributed by atoms with Gasteiger partial charge in [0.15, 0.2) is 0 Å². The molecule has 1 aliphatic rings. The molecule has 11 heteroatoms. The van der Waals surface area contributed by atoms with Gasteiger partial charge in [-0.05, 0) is 39.3 Å². The summed E-state index contributed by atoms with van der Waals surface area (Å²) >= 11 is 7.38. The number of nitrogens with zero attached hydrogens (tertiary/aromatic N) is 4. The molecular formula is C23H28ClN5O4S. The van der Waals surface area contributed by atoms with E-state index >= 15 is 0 Å². The smallest absolute Gasteiger partial charge is 0.259 e. The predicted octanol–water partition coefficient (Wildman–Crippen LogP) is 4.59. The van der Waals surface area contributed by atoms with E-state index in [4.69, 9.17) is 25.8 Å². The zero-order valence-corrected chi connectivity index (χ0v) is 21.4. The molecular weight excluding hydrogens is 478 g/mol. The fourth-order valence-corrected chi connectivity index (χ4v) is 3.93. The van der Waals surface area contributed by atoms with Crippen LogP contribution < -0.4 is 10.1 Å². The number of nitrogens with one attached hydrogen (secondary N) is 1. The minimum absolute atomic E-state index is 0.0434. The van der Waals surface area contributed by atoms with E-state index < -0.39 is 0 Å². The Labute approximate surface area is 207 Å². The van der Waals surface area contributed by atoms with Crippen molar-refractivity contribution in [2.75, 3.05) is 32.2 Å². The van der Waals surface area contributed by atoms with Gasteiger partial charge in [-0.25, -0.2) is 4.98 Å². The number of methoxy groups -OCH3 is 1. The summed E-state index contributed by atoms with van der Waals surface area (Å²) in [6.07, 6.45) is 3.81. The lowest BCUT2D eigenvalue weighted by molar-refractivity contribution is -0.137. The maximum absolute atomic E-state index is 12.8. The molecule has 9 nitrogen and oxygen atoms in total. The standard InChI is InChI=1S/C17H16ClN5O2S.C6H12O2/c1-4-15-22-23-17(26-15)21-16(24)12-7-19-9(2)5-10(12)11-6-14(18)20-8-13(11)25-3;1-6(2)5-7-3-4-8-6/h5-8H,4H2,1-3H3,(H,21,23,24);3-5H2,1-2H3. The van der Waals surface area contributed by atoms with Crippen LogP contribution in [-0.2, 0) is 15.9 Å². The molecule has 0 saturated carbocycles. The number of amides is 1. The van der Waals surface area contributed by atoms with Gasteiger partial charge in [-0.3, -0.25) is 15.1 Å². The first-order valence-corrected chi connectivity index (χ1v) is 11.9. The summed E-state index contributed by atoms with van der Waals surface area (Å²) < 4.78 is 15.9. The lowest BCUT2D eigenvalue weighted by Crippen LogP contribution is -2.37. The van der Waals surface area contributed by atoms with Crippen LogP contribution in [0.5, 0.6) is 5.75 Å². The average molecular weight is 506 g/mol. The Hall–Kier alpha value is -2.66. The van der Waals surface area contributed by atoms with Crippen LogP contribution in [0.3, 0.4) is 0 Å².